The minimum atomic E-state index is -0.295. The van der Waals surface area contributed by atoms with Crippen LogP contribution in [0.5, 0.6) is 5.75 Å². The molecule has 3 rings (SSSR count). The molecule has 1 heterocycles. The van der Waals surface area contributed by atoms with Gasteiger partial charge in [0.2, 0.25) is 0 Å². The standard InChI is InChI=1S/C24H29N3O3/c1-6-15-27-23(28)21(17-7-13-20(14-8-17)30-16(2)3)22(24(27)29)25-18-9-11-19(12-10-18)26(4)5/h7-14,16,25H,6,15H2,1-5H3. The lowest BCUT2D eigenvalue weighted by Crippen LogP contribution is -2.33. The number of hydrogen-bond acceptors (Lipinski definition) is 5. The molecule has 0 bridgehead atoms. The molecule has 0 fully saturated rings. The first kappa shape index (κ1) is 21.4. The van der Waals surface area contributed by atoms with Gasteiger partial charge in [-0.1, -0.05) is 19.1 Å². The van der Waals surface area contributed by atoms with Crippen LogP contribution in [0, 0.1) is 0 Å². The number of rotatable bonds is 8. The Labute approximate surface area is 178 Å². The zero-order chi connectivity index (χ0) is 21.8. The molecule has 158 valence electrons. The topological polar surface area (TPSA) is 61.9 Å². The van der Waals surface area contributed by atoms with Crippen LogP contribution in [0.1, 0.15) is 32.8 Å². The van der Waals surface area contributed by atoms with Gasteiger partial charge in [0.15, 0.2) is 0 Å². The first-order valence-electron chi connectivity index (χ1n) is 10.2. The molecule has 0 saturated carbocycles. The fourth-order valence-electron chi connectivity index (χ4n) is 3.35. The molecule has 0 unspecified atom stereocenters. The quantitative estimate of drug-likeness (QED) is 0.667. The number of hydrogen-bond donors (Lipinski definition) is 1. The fraction of sp³-hybridized carbons (Fsp3) is 0.333. The van der Waals surface area contributed by atoms with Crippen LogP contribution in [0.2, 0.25) is 0 Å². The Hall–Kier alpha value is -3.28. The third-order valence-electron chi connectivity index (χ3n) is 4.78. The molecule has 0 aliphatic carbocycles. The smallest absolute Gasteiger partial charge is 0.278 e. The summed E-state index contributed by atoms with van der Waals surface area (Å²) >= 11 is 0. The van der Waals surface area contributed by atoms with Crippen molar-refractivity contribution in [2.24, 2.45) is 0 Å². The van der Waals surface area contributed by atoms with Crippen LogP contribution in [-0.4, -0.2) is 43.5 Å². The highest BCUT2D eigenvalue weighted by atomic mass is 16.5. The Morgan fingerprint density at radius 3 is 2.13 bits per heavy atom. The number of carbonyl (C=O) groups is 2. The van der Waals surface area contributed by atoms with Crippen molar-refractivity contribution in [1.29, 1.82) is 0 Å². The Morgan fingerprint density at radius 1 is 0.967 bits per heavy atom. The maximum atomic E-state index is 13.1. The molecular formula is C24H29N3O3. The molecule has 1 aliphatic rings. The molecule has 6 nitrogen and oxygen atoms in total. The number of anilines is 2. The maximum absolute atomic E-state index is 13.1. The number of nitrogens with one attached hydrogen (secondary N) is 1. The second-order valence-corrected chi connectivity index (χ2v) is 7.77. The minimum absolute atomic E-state index is 0.0622. The molecule has 2 amide bonds. The van der Waals surface area contributed by atoms with Gasteiger partial charge in [-0.25, -0.2) is 0 Å². The van der Waals surface area contributed by atoms with Gasteiger partial charge in [-0.05, 0) is 62.2 Å². The van der Waals surface area contributed by atoms with E-state index < -0.39 is 0 Å². The highest BCUT2D eigenvalue weighted by Gasteiger charge is 2.38. The van der Waals surface area contributed by atoms with E-state index in [0.29, 0.717) is 29.8 Å². The molecular weight excluding hydrogens is 378 g/mol. The van der Waals surface area contributed by atoms with E-state index in [0.717, 1.165) is 17.1 Å². The molecule has 0 spiro atoms. The summed E-state index contributed by atoms with van der Waals surface area (Å²) in [5.41, 5.74) is 3.20. The van der Waals surface area contributed by atoms with E-state index in [9.17, 15) is 9.59 Å². The molecule has 1 N–H and O–H groups in total. The van der Waals surface area contributed by atoms with Crippen molar-refractivity contribution in [3.63, 3.8) is 0 Å². The molecule has 6 heteroatoms. The first-order chi connectivity index (χ1) is 14.3. The van der Waals surface area contributed by atoms with Crippen molar-refractivity contribution in [3.05, 3.63) is 59.8 Å². The SMILES string of the molecule is CCCN1C(=O)C(Nc2ccc(N(C)C)cc2)=C(c2ccc(OC(C)C)cc2)C1=O. The lowest BCUT2D eigenvalue weighted by Gasteiger charge is -2.15. The summed E-state index contributed by atoms with van der Waals surface area (Å²) in [4.78, 5) is 29.4. The maximum Gasteiger partial charge on any atom is 0.278 e. The van der Waals surface area contributed by atoms with Crippen molar-refractivity contribution < 1.29 is 14.3 Å². The molecule has 2 aromatic rings. The Bertz CT molecular complexity index is 945. The second kappa shape index (κ2) is 9.03. The normalized spacial score (nSPS) is 14.0. The van der Waals surface area contributed by atoms with E-state index >= 15 is 0 Å². The summed E-state index contributed by atoms with van der Waals surface area (Å²) in [5, 5.41) is 3.19. The molecule has 2 aromatic carbocycles. The first-order valence-corrected chi connectivity index (χ1v) is 10.2. The summed E-state index contributed by atoms with van der Waals surface area (Å²) < 4.78 is 5.69. The van der Waals surface area contributed by atoms with Gasteiger partial charge in [0.1, 0.15) is 11.4 Å². The summed E-state index contributed by atoms with van der Waals surface area (Å²) in [6.07, 6.45) is 0.767. The molecule has 1 aliphatic heterocycles. The van der Waals surface area contributed by atoms with Gasteiger partial charge in [0, 0.05) is 32.0 Å². The van der Waals surface area contributed by atoms with Crippen LogP contribution >= 0.6 is 0 Å². The van der Waals surface area contributed by atoms with E-state index in [4.69, 9.17) is 4.74 Å². The third kappa shape index (κ3) is 4.48. The van der Waals surface area contributed by atoms with E-state index in [1.54, 1.807) is 0 Å². The Morgan fingerprint density at radius 2 is 1.60 bits per heavy atom. The van der Waals surface area contributed by atoms with Crippen molar-refractivity contribution in [2.75, 3.05) is 30.9 Å². The van der Waals surface area contributed by atoms with E-state index in [1.165, 1.54) is 4.90 Å². The Kier molecular flexibility index (Phi) is 6.45. The second-order valence-electron chi connectivity index (χ2n) is 7.77. The monoisotopic (exact) mass is 407 g/mol. The third-order valence-corrected chi connectivity index (χ3v) is 4.78. The van der Waals surface area contributed by atoms with E-state index in [2.05, 4.69) is 5.32 Å². The molecule has 30 heavy (non-hydrogen) atoms. The average Bonchev–Trinajstić information content (AvgIpc) is 2.93. The minimum Gasteiger partial charge on any atom is -0.491 e. The van der Waals surface area contributed by atoms with Crippen LogP contribution in [-0.2, 0) is 9.59 Å². The highest BCUT2D eigenvalue weighted by molar-refractivity contribution is 6.36. The molecule has 0 aromatic heterocycles. The Balaban J connectivity index is 1.97. The predicted octanol–water partition coefficient (Wildman–Crippen LogP) is 4.14. The van der Waals surface area contributed by atoms with Crippen molar-refractivity contribution in [1.82, 2.24) is 4.90 Å². The lowest BCUT2D eigenvalue weighted by atomic mass is 10.0. The zero-order valence-corrected chi connectivity index (χ0v) is 18.2. The van der Waals surface area contributed by atoms with Crippen molar-refractivity contribution >= 4 is 28.8 Å². The number of carbonyl (C=O) groups excluding carboxylic acids is 2. The summed E-state index contributed by atoms with van der Waals surface area (Å²) in [6, 6.07) is 15.0. The predicted molar refractivity (Wildman–Crippen MR) is 121 cm³/mol. The van der Waals surface area contributed by atoms with Gasteiger partial charge in [-0.15, -0.1) is 0 Å². The highest BCUT2D eigenvalue weighted by Crippen LogP contribution is 2.32. The number of imide groups is 1. The number of benzene rings is 2. The number of amides is 2. The van der Waals surface area contributed by atoms with Crippen molar-refractivity contribution in [2.45, 2.75) is 33.3 Å². The van der Waals surface area contributed by atoms with Gasteiger partial charge < -0.3 is 15.0 Å². The molecule has 0 atom stereocenters. The fourth-order valence-corrected chi connectivity index (χ4v) is 3.35. The number of ether oxygens (including phenoxy) is 1. The molecule has 0 saturated heterocycles. The van der Waals surface area contributed by atoms with Gasteiger partial charge in [0.05, 0.1) is 11.7 Å². The van der Waals surface area contributed by atoms with Gasteiger partial charge in [-0.2, -0.15) is 0 Å². The van der Waals surface area contributed by atoms with E-state index in [1.807, 2.05) is 88.3 Å². The lowest BCUT2D eigenvalue weighted by molar-refractivity contribution is -0.136. The van der Waals surface area contributed by atoms with Crippen LogP contribution in [0.4, 0.5) is 11.4 Å². The van der Waals surface area contributed by atoms with Crippen LogP contribution in [0.15, 0.2) is 54.2 Å². The largest absolute Gasteiger partial charge is 0.491 e. The van der Waals surface area contributed by atoms with Crippen LogP contribution < -0.4 is 15.0 Å². The van der Waals surface area contributed by atoms with Gasteiger partial charge in [0.25, 0.3) is 11.8 Å². The zero-order valence-electron chi connectivity index (χ0n) is 18.2. The van der Waals surface area contributed by atoms with Gasteiger partial charge >= 0.3 is 0 Å². The van der Waals surface area contributed by atoms with E-state index in [-0.39, 0.29) is 17.9 Å². The average molecular weight is 408 g/mol. The van der Waals surface area contributed by atoms with Crippen LogP contribution in [0.25, 0.3) is 5.57 Å². The van der Waals surface area contributed by atoms with Crippen LogP contribution in [0.3, 0.4) is 0 Å². The summed E-state index contributed by atoms with van der Waals surface area (Å²) in [7, 11) is 3.94. The summed E-state index contributed by atoms with van der Waals surface area (Å²) in [6.45, 7) is 6.26. The summed E-state index contributed by atoms with van der Waals surface area (Å²) in [5.74, 6) is 0.160. The van der Waals surface area contributed by atoms with Crippen molar-refractivity contribution in [3.8, 4) is 5.75 Å². The number of nitrogens with zero attached hydrogens (tertiary/aromatic N) is 2. The molecule has 0 radical (unpaired) electrons. The van der Waals surface area contributed by atoms with Gasteiger partial charge in [-0.3, -0.25) is 14.5 Å².